The Kier molecular flexibility index (Phi) is 6.20. The maximum atomic E-state index is 12.7. The van der Waals surface area contributed by atoms with E-state index in [1.807, 2.05) is 34.5 Å². The highest BCUT2D eigenvalue weighted by atomic mass is 32.2. The minimum absolute atomic E-state index is 0.155. The number of hydrogen-bond acceptors (Lipinski definition) is 6. The van der Waals surface area contributed by atoms with Crippen molar-refractivity contribution in [3.05, 3.63) is 47.3 Å². The molecule has 2 aromatic heterocycles. The van der Waals surface area contributed by atoms with Gasteiger partial charge in [0.05, 0.1) is 10.6 Å². The number of amides is 1. The van der Waals surface area contributed by atoms with E-state index < -0.39 is 0 Å². The average molecular weight is 429 g/mol. The van der Waals surface area contributed by atoms with Crippen LogP contribution in [-0.4, -0.2) is 49.5 Å². The number of piperidine rings is 1. The van der Waals surface area contributed by atoms with Gasteiger partial charge < -0.3 is 14.6 Å². The predicted molar refractivity (Wildman–Crippen MR) is 116 cm³/mol. The van der Waals surface area contributed by atoms with Crippen LogP contribution in [0.15, 0.2) is 46.9 Å². The Balaban J connectivity index is 1.32. The van der Waals surface area contributed by atoms with E-state index in [1.54, 1.807) is 23.5 Å². The number of benzene rings is 1. The molecule has 3 aromatic rings. The van der Waals surface area contributed by atoms with Gasteiger partial charge in [-0.2, -0.15) is 0 Å². The summed E-state index contributed by atoms with van der Waals surface area (Å²) in [5.41, 5.74) is 1.24. The number of thiophene rings is 1. The van der Waals surface area contributed by atoms with E-state index in [0.29, 0.717) is 17.4 Å². The second-order valence-electron chi connectivity index (χ2n) is 7.06. The molecule has 1 N–H and O–H groups in total. The van der Waals surface area contributed by atoms with Gasteiger partial charge in [0.15, 0.2) is 11.0 Å². The highest BCUT2D eigenvalue weighted by molar-refractivity contribution is 7.99. The third kappa shape index (κ3) is 4.48. The van der Waals surface area contributed by atoms with Crippen molar-refractivity contribution in [1.82, 2.24) is 19.7 Å². The number of hydrogen-bond donors (Lipinski definition) is 1. The highest BCUT2D eigenvalue weighted by Gasteiger charge is 2.24. The van der Waals surface area contributed by atoms with Crippen LogP contribution in [0.1, 0.15) is 31.2 Å². The molecule has 0 spiro atoms. The molecule has 29 heavy (non-hydrogen) atoms. The number of carbonyl (C=O) groups excluding carboxylic acids is 1. The van der Waals surface area contributed by atoms with Gasteiger partial charge in [-0.15, -0.1) is 21.5 Å². The van der Waals surface area contributed by atoms with Gasteiger partial charge in [-0.05, 0) is 54.8 Å². The lowest BCUT2D eigenvalue weighted by atomic mass is 9.89. The van der Waals surface area contributed by atoms with Gasteiger partial charge in [0.25, 0.3) is 0 Å². The molecule has 1 aliphatic heterocycles. The number of rotatable bonds is 6. The zero-order valence-corrected chi connectivity index (χ0v) is 18.0. The van der Waals surface area contributed by atoms with Gasteiger partial charge in [-0.25, -0.2) is 0 Å². The number of phenolic OH excluding ortho intramolecular Hbond substituents is 1. The van der Waals surface area contributed by atoms with Crippen molar-refractivity contribution in [2.75, 3.05) is 18.8 Å². The molecule has 0 radical (unpaired) electrons. The molecule has 8 heteroatoms. The SMILES string of the molecule is CCn1c(SCC(=O)N2CCC(c3ccc(O)cc3)CC2)nnc1-c1cccs1. The first-order valence-corrected chi connectivity index (χ1v) is 11.7. The van der Waals surface area contributed by atoms with Crippen molar-refractivity contribution < 1.29 is 9.90 Å². The first-order valence-electron chi connectivity index (χ1n) is 9.82. The molecule has 0 aliphatic carbocycles. The van der Waals surface area contributed by atoms with Gasteiger partial charge in [-0.1, -0.05) is 30.0 Å². The molecule has 1 amide bonds. The van der Waals surface area contributed by atoms with Crippen LogP contribution in [0.25, 0.3) is 10.7 Å². The lowest BCUT2D eigenvalue weighted by Gasteiger charge is -2.32. The van der Waals surface area contributed by atoms with E-state index in [0.717, 1.165) is 48.3 Å². The summed E-state index contributed by atoms with van der Waals surface area (Å²) in [5, 5.41) is 20.9. The van der Waals surface area contributed by atoms with Crippen LogP contribution in [-0.2, 0) is 11.3 Å². The molecule has 3 heterocycles. The van der Waals surface area contributed by atoms with E-state index in [9.17, 15) is 9.90 Å². The smallest absolute Gasteiger partial charge is 0.233 e. The lowest BCUT2D eigenvalue weighted by molar-refractivity contribution is -0.129. The summed E-state index contributed by atoms with van der Waals surface area (Å²) in [6.07, 6.45) is 1.91. The lowest BCUT2D eigenvalue weighted by Crippen LogP contribution is -2.39. The van der Waals surface area contributed by atoms with Gasteiger partial charge in [0, 0.05) is 19.6 Å². The van der Waals surface area contributed by atoms with Crippen LogP contribution in [0, 0.1) is 0 Å². The number of nitrogens with zero attached hydrogens (tertiary/aromatic N) is 4. The molecule has 1 aliphatic rings. The Labute approximate surface area is 178 Å². The van der Waals surface area contributed by atoms with E-state index in [4.69, 9.17) is 0 Å². The fourth-order valence-electron chi connectivity index (χ4n) is 3.69. The van der Waals surface area contributed by atoms with Crippen LogP contribution >= 0.6 is 23.1 Å². The zero-order chi connectivity index (χ0) is 20.2. The second-order valence-corrected chi connectivity index (χ2v) is 8.95. The number of aromatic hydroxyl groups is 1. The fraction of sp³-hybridized carbons (Fsp3) is 0.381. The highest BCUT2D eigenvalue weighted by Crippen LogP contribution is 2.30. The van der Waals surface area contributed by atoms with Gasteiger partial charge in [-0.3, -0.25) is 4.79 Å². The summed E-state index contributed by atoms with van der Waals surface area (Å²) >= 11 is 3.11. The Morgan fingerprint density at radius 3 is 2.62 bits per heavy atom. The standard InChI is InChI=1S/C21H24N4O2S2/c1-2-25-20(18-4-3-13-28-18)22-23-21(25)29-14-19(27)24-11-9-16(10-12-24)15-5-7-17(26)8-6-15/h3-8,13,16,26H,2,9-12,14H2,1H3. The summed E-state index contributed by atoms with van der Waals surface area (Å²) in [4.78, 5) is 15.8. The second kappa shape index (κ2) is 9.00. The van der Waals surface area contributed by atoms with E-state index in [2.05, 4.69) is 21.7 Å². The summed E-state index contributed by atoms with van der Waals surface area (Å²) in [5.74, 6) is 2.14. The van der Waals surface area contributed by atoms with Crippen LogP contribution in [0.3, 0.4) is 0 Å². The van der Waals surface area contributed by atoms with Crippen LogP contribution < -0.4 is 0 Å². The van der Waals surface area contributed by atoms with Crippen LogP contribution in [0.4, 0.5) is 0 Å². The van der Waals surface area contributed by atoms with Crippen molar-refractivity contribution >= 4 is 29.0 Å². The molecule has 0 atom stereocenters. The summed E-state index contributed by atoms with van der Waals surface area (Å²) in [7, 11) is 0. The molecule has 0 saturated carbocycles. The third-order valence-corrected chi connectivity index (χ3v) is 7.13. The monoisotopic (exact) mass is 428 g/mol. The van der Waals surface area contributed by atoms with Crippen molar-refractivity contribution in [2.24, 2.45) is 0 Å². The first-order chi connectivity index (χ1) is 14.2. The summed E-state index contributed by atoms with van der Waals surface area (Å²) < 4.78 is 2.07. The average Bonchev–Trinajstić information content (AvgIpc) is 3.42. The van der Waals surface area contributed by atoms with E-state index in [-0.39, 0.29) is 5.91 Å². The number of likely N-dealkylation sites (tertiary alicyclic amines) is 1. The van der Waals surface area contributed by atoms with Crippen LogP contribution in [0.5, 0.6) is 5.75 Å². The number of thioether (sulfide) groups is 1. The number of aromatic nitrogens is 3. The number of phenols is 1. The van der Waals surface area contributed by atoms with E-state index in [1.165, 1.54) is 17.3 Å². The summed E-state index contributed by atoms with van der Waals surface area (Å²) in [6, 6.07) is 11.5. The maximum Gasteiger partial charge on any atom is 0.233 e. The Hall–Kier alpha value is -2.32. The van der Waals surface area contributed by atoms with Crippen LogP contribution in [0.2, 0.25) is 0 Å². The molecular formula is C21H24N4O2S2. The summed E-state index contributed by atoms with van der Waals surface area (Å²) in [6.45, 7) is 4.38. The zero-order valence-electron chi connectivity index (χ0n) is 16.3. The molecule has 1 saturated heterocycles. The molecule has 152 valence electrons. The van der Waals surface area contributed by atoms with Gasteiger partial charge in [0.1, 0.15) is 5.75 Å². The molecule has 0 bridgehead atoms. The third-order valence-electron chi connectivity index (χ3n) is 5.31. The minimum atomic E-state index is 0.155. The quantitative estimate of drug-likeness (QED) is 0.595. The fourth-order valence-corrected chi connectivity index (χ4v) is 5.32. The van der Waals surface area contributed by atoms with Gasteiger partial charge >= 0.3 is 0 Å². The van der Waals surface area contributed by atoms with Crippen molar-refractivity contribution in [2.45, 2.75) is 37.4 Å². The Bertz CT molecular complexity index is 946. The normalized spacial score (nSPS) is 15.0. The van der Waals surface area contributed by atoms with Crippen molar-refractivity contribution in [3.63, 3.8) is 0 Å². The molecule has 1 fully saturated rings. The van der Waals surface area contributed by atoms with Crippen molar-refractivity contribution in [1.29, 1.82) is 0 Å². The molecular weight excluding hydrogens is 404 g/mol. The topological polar surface area (TPSA) is 71.2 Å². The largest absolute Gasteiger partial charge is 0.508 e. The molecule has 0 unspecified atom stereocenters. The minimum Gasteiger partial charge on any atom is -0.508 e. The Morgan fingerprint density at radius 2 is 1.97 bits per heavy atom. The maximum absolute atomic E-state index is 12.7. The number of carbonyl (C=O) groups is 1. The molecule has 1 aromatic carbocycles. The first kappa shape index (κ1) is 20.0. The predicted octanol–water partition coefficient (Wildman–Crippen LogP) is 4.23. The molecule has 6 nitrogen and oxygen atoms in total. The van der Waals surface area contributed by atoms with E-state index >= 15 is 0 Å². The Morgan fingerprint density at radius 1 is 1.21 bits per heavy atom. The molecule has 4 rings (SSSR count). The van der Waals surface area contributed by atoms with Crippen molar-refractivity contribution in [3.8, 4) is 16.5 Å². The van der Waals surface area contributed by atoms with Gasteiger partial charge in [0.2, 0.25) is 5.91 Å².